The van der Waals surface area contributed by atoms with Crippen LogP contribution in [0.5, 0.6) is 0 Å². The van der Waals surface area contributed by atoms with E-state index in [1.54, 1.807) is 0 Å². The second kappa shape index (κ2) is 13.1. The molecule has 0 bridgehead atoms. The van der Waals surface area contributed by atoms with E-state index >= 15 is 0 Å². The summed E-state index contributed by atoms with van der Waals surface area (Å²) in [5.41, 5.74) is 14.1. The largest absolute Gasteiger partial charge is 0.404 e. The van der Waals surface area contributed by atoms with Crippen LogP contribution in [0.3, 0.4) is 0 Å². The molecule has 0 aromatic heterocycles. The summed E-state index contributed by atoms with van der Waals surface area (Å²) in [6, 6.07) is 64.9. The molecule has 0 amide bonds. The third-order valence-corrected chi connectivity index (χ3v) is 15.6. The topological polar surface area (TPSA) is 9.23 Å². The van der Waals surface area contributed by atoms with Crippen LogP contribution in [0.1, 0.15) is 53.1 Å². The van der Waals surface area contributed by atoms with Crippen molar-refractivity contribution in [3.8, 4) is 22.3 Å². The van der Waals surface area contributed by atoms with Gasteiger partial charge in [0.05, 0.1) is 0 Å². The van der Waals surface area contributed by atoms with Gasteiger partial charge in [-0.15, -0.1) is 0 Å². The van der Waals surface area contributed by atoms with Gasteiger partial charge in [-0.1, -0.05) is 183 Å². The number of hydrogen-bond donors (Lipinski definition) is 0. The molecule has 7 aromatic carbocycles. The maximum Gasteiger partial charge on any atom is 0.288 e. The molecule has 0 fully saturated rings. The summed E-state index contributed by atoms with van der Waals surface area (Å²) >= 11 is 0. The summed E-state index contributed by atoms with van der Waals surface area (Å²) in [6.07, 6.45) is 3.88. The minimum absolute atomic E-state index is 0.208. The molecule has 2 aliphatic carbocycles. The zero-order chi connectivity index (χ0) is 34.3. The molecule has 2 aliphatic rings. The molecule has 51 heavy (non-hydrogen) atoms. The lowest BCUT2D eigenvalue weighted by Crippen LogP contribution is -2.69. The Hall–Kier alpha value is -5.28. The Morgan fingerprint density at radius 1 is 0.451 bits per heavy atom. The van der Waals surface area contributed by atoms with Crippen molar-refractivity contribution < 1.29 is 4.43 Å². The molecule has 0 radical (unpaired) electrons. The first-order valence-electron chi connectivity index (χ1n) is 18.4. The van der Waals surface area contributed by atoms with Crippen LogP contribution in [0.4, 0.5) is 0 Å². The van der Waals surface area contributed by atoms with E-state index in [0.29, 0.717) is 6.61 Å². The van der Waals surface area contributed by atoms with E-state index in [0.717, 1.165) is 25.7 Å². The third-order valence-electron chi connectivity index (χ3n) is 11.6. The first-order valence-corrected chi connectivity index (χ1v) is 20.3. The van der Waals surface area contributed by atoms with E-state index in [9.17, 15) is 0 Å². The Bertz CT molecular complexity index is 2130. The zero-order valence-electron chi connectivity index (χ0n) is 29.2. The quantitative estimate of drug-likeness (QED) is 0.0798. The van der Waals surface area contributed by atoms with Crippen LogP contribution in [-0.2, 0) is 22.7 Å². The highest BCUT2D eigenvalue weighted by molar-refractivity contribution is 7.07. The van der Waals surface area contributed by atoms with Gasteiger partial charge in [0.25, 0.3) is 8.32 Å². The van der Waals surface area contributed by atoms with Crippen LogP contribution < -0.4 is 15.6 Å². The lowest BCUT2D eigenvalue weighted by molar-refractivity contribution is 0.297. The van der Waals surface area contributed by atoms with Crippen molar-refractivity contribution in [3.63, 3.8) is 0 Å². The molecule has 2 heteroatoms. The Morgan fingerprint density at radius 2 is 0.843 bits per heavy atom. The van der Waals surface area contributed by atoms with Crippen LogP contribution in [0.15, 0.2) is 176 Å². The second-order valence-corrected chi connectivity index (χ2v) is 17.8. The number of hydrogen-bond acceptors (Lipinski definition) is 1. The maximum atomic E-state index is 7.48. The lowest BCUT2D eigenvalue weighted by atomic mass is 9.69. The number of benzene rings is 7. The molecule has 0 unspecified atom stereocenters. The SMILES string of the molecule is CC(CCCO[Si](c1ccccc1)(c1ccccc1)c1ccccc1)(c1cccc2c1Cc1ccccc1-2)c1cccc2c1Cc1ccccc1-2. The van der Waals surface area contributed by atoms with Gasteiger partial charge in [0.15, 0.2) is 0 Å². The Balaban J connectivity index is 1.13. The smallest absolute Gasteiger partial charge is 0.288 e. The maximum absolute atomic E-state index is 7.48. The Kier molecular flexibility index (Phi) is 8.15. The van der Waals surface area contributed by atoms with Gasteiger partial charge in [-0.05, 0) is 96.9 Å². The van der Waals surface area contributed by atoms with E-state index in [2.05, 4.69) is 183 Å². The lowest BCUT2D eigenvalue weighted by Gasteiger charge is -2.36. The van der Waals surface area contributed by atoms with Crippen molar-refractivity contribution in [2.75, 3.05) is 6.61 Å². The summed E-state index contributed by atoms with van der Waals surface area (Å²) in [4.78, 5) is 0. The monoisotopic (exact) mass is 674 g/mol. The van der Waals surface area contributed by atoms with Crippen LogP contribution >= 0.6 is 0 Å². The minimum atomic E-state index is -2.80. The van der Waals surface area contributed by atoms with E-state index in [4.69, 9.17) is 4.43 Å². The number of rotatable bonds is 10. The Labute approximate surface area is 303 Å². The normalized spacial score (nSPS) is 13.0. The summed E-state index contributed by atoms with van der Waals surface area (Å²) in [5.74, 6) is 0. The highest BCUT2D eigenvalue weighted by Crippen LogP contribution is 2.49. The van der Waals surface area contributed by atoms with Gasteiger partial charge in [0.1, 0.15) is 0 Å². The van der Waals surface area contributed by atoms with Gasteiger partial charge in [0.2, 0.25) is 0 Å². The number of fused-ring (bicyclic) bond motifs is 6. The summed E-state index contributed by atoms with van der Waals surface area (Å²) in [6.45, 7) is 3.19. The van der Waals surface area contributed by atoms with Crippen molar-refractivity contribution in [2.24, 2.45) is 0 Å². The molecule has 0 saturated heterocycles. The van der Waals surface area contributed by atoms with Gasteiger partial charge in [-0.3, -0.25) is 0 Å². The summed E-state index contributed by atoms with van der Waals surface area (Å²) in [5, 5.41) is 3.84. The van der Waals surface area contributed by atoms with Gasteiger partial charge in [-0.25, -0.2) is 0 Å². The van der Waals surface area contributed by atoms with Crippen LogP contribution in [0, 0.1) is 0 Å². The first kappa shape index (κ1) is 31.7. The molecule has 0 aliphatic heterocycles. The summed E-state index contributed by atoms with van der Waals surface area (Å²) < 4.78 is 7.48. The molecule has 9 rings (SSSR count). The molecule has 0 N–H and O–H groups in total. The van der Waals surface area contributed by atoms with Crippen molar-refractivity contribution in [1.29, 1.82) is 0 Å². The molecule has 1 nitrogen and oxygen atoms in total. The average Bonchev–Trinajstić information content (AvgIpc) is 3.78. The molecule has 0 atom stereocenters. The summed E-state index contributed by atoms with van der Waals surface area (Å²) in [7, 11) is -2.80. The van der Waals surface area contributed by atoms with Crippen molar-refractivity contribution in [1.82, 2.24) is 0 Å². The third kappa shape index (κ3) is 5.33. The molecule has 0 saturated carbocycles. The molecule has 7 aromatic rings. The first-order chi connectivity index (χ1) is 25.2. The Morgan fingerprint density at radius 3 is 1.29 bits per heavy atom. The van der Waals surface area contributed by atoms with E-state index in [-0.39, 0.29) is 5.41 Å². The predicted octanol–water partition coefficient (Wildman–Crippen LogP) is 9.60. The van der Waals surface area contributed by atoms with Crippen LogP contribution in [0.25, 0.3) is 22.3 Å². The van der Waals surface area contributed by atoms with Crippen molar-refractivity contribution >= 4 is 23.9 Å². The van der Waals surface area contributed by atoms with E-state index in [1.165, 1.54) is 71.2 Å². The standard InChI is InChI=1S/C49H42OSi/c1-49(47-30-15-28-43-41-26-13-11-18-36(41)34-45(43)47,48-31-16-29-44-42-27-14-12-19-37(42)35-46(44)48)32-17-33-50-51(38-20-5-2-6-21-38,39-22-7-3-8-23-39)40-24-9-4-10-25-40/h2-16,18-31H,17,32-35H2,1H3. The van der Waals surface area contributed by atoms with Gasteiger partial charge < -0.3 is 4.43 Å². The average molecular weight is 675 g/mol. The fourth-order valence-electron chi connectivity index (χ4n) is 9.18. The molecule has 0 heterocycles. The van der Waals surface area contributed by atoms with E-state index < -0.39 is 8.32 Å². The molecule has 248 valence electrons. The highest BCUT2D eigenvalue weighted by Gasteiger charge is 2.42. The highest BCUT2D eigenvalue weighted by atomic mass is 28.4. The zero-order valence-corrected chi connectivity index (χ0v) is 30.2. The van der Waals surface area contributed by atoms with Crippen LogP contribution in [-0.4, -0.2) is 14.9 Å². The van der Waals surface area contributed by atoms with Crippen molar-refractivity contribution in [2.45, 2.75) is 38.0 Å². The molecular formula is C49H42OSi. The van der Waals surface area contributed by atoms with Crippen molar-refractivity contribution in [3.05, 3.63) is 209 Å². The van der Waals surface area contributed by atoms with E-state index in [1.807, 2.05) is 0 Å². The van der Waals surface area contributed by atoms with Gasteiger partial charge in [-0.2, -0.15) is 0 Å². The predicted molar refractivity (Wildman–Crippen MR) is 215 cm³/mol. The van der Waals surface area contributed by atoms with Gasteiger partial charge >= 0.3 is 0 Å². The second-order valence-electron chi connectivity index (χ2n) is 14.4. The van der Waals surface area contributed by atoms with Gasteiger partial charge in [0, 0.05) is 12.0 Å². The minimum Gasteiger partial charge on any atom is -0.404 e. The fourth-order valence-corrected chi connectivity index (χ4v) is 13.1. The fraction of sp³-hybridized carbons (Fsp3) is 0.143. The van der Waals surface area contributed by atoms with Crippen LogP contribution in [0.2, 0.25) is 0 Å². The molecule has 0 spiro atoms. The molecular weight excluding hydrogens is 633 g/mol.